The summed E-state index contributed by atoms with van der Waals surface area (Å²) in [5.74, 6) is -2.11. The molecule has 26 heavy (non-hydrogen) atoms. The Labute approximate surface area is 169 Å². The number of aliphatic hydroxyl groups excluding tert-OH is 2. The third-order valence-corrected chi connectivity index (χ3v) is 4.65. The molecule has 2 N–H and O–H groups in total. The van der Waals surface area contributed by atoms with Crippen LogP contribution >= 0.6 is 46.4 Å². The molecule has 0 aliphatic carbocycles. The van der Waals surface area contributed by atoms with E-state index in [4.69, 9.17) is 65.7 Å². The van der Waals surface area contributed by atoms with Crippen LogP contribution in [0.1, 0.15) is 34.6 Å². The topological polar surface area (TPSA) is 102 Å². The van der Waals surface area contributed by atoms with E-state index in [9.17, 15) is 14.7 Å². The second-order valence-electron chi connectivity index (χ2n) is 5.02. The van der Waals surface area contributed by atoms with E-state index in [2.05, 4.69) is 0 Å². The molecule has 146 valence electrons. The summed E-state index contributed by atoms with van der Waals surface area (Å²) >= 11 is 24.0. The quantitative estimate of drug-likeness (QED) is 0.271. The predicted molar refractivity (Wildman–Crippen MR) is 96.4 cm³/mol. The standard InChI is InChI=1S/C15H16Cl4O7/c1-6(21)5-25-14(22)8-9(11(17)13(19)12(18)10(8)16)15(23)26-7(2)24-4-3-20/h6-7,20-21H,3-5H2,1-2H3. The number of ether oxygens (including phenoxy) is 3. The minimum atomic E-state index is -1.06. The maximum absolute atomic E-state index is 12.5. The van der Waals surface area contributed by atoms with Crippen molar-refractivity contribution in [2.75, 3.05) is 19.8 Å². The first-order valence-corrected chi connectivity index (χ1v) is 8.77. The van der Waals surface area contributed by atoms with Gasteiger partial charge in [0.1, 0.15) is 6.61 Å². The molecule has 11 heteroatoms. The number of benzene rings is 1. The summed E-state index contributed by atoms with van der Waals surface area (Å²) in [7, 11) is 0. The smallest absolute Gasteiger partial charge is 0.342 e. The van der Waals surface area contributed by atoms with Gasteiger partial charge in [0, 0.05) is 0 Å². The molecule has 2 atom stereocenters. The number of rotatable bonds is 8. The third kappa shape index (κ3) is 5.85. The minimum absolute atomic E-state index is 0.0758. The van der Waals surface area contributed by atoms with Crippen LogP contribution in [-0.4, -0.2) is 54.4 Å². The van der Waals surface area contributed by atoms with Gasteiger partial charge in [0.2, 0.25) is 6.29 Å². The van der Waals surface area contributed by atoms with Crippen LogP contribution in [0.5, 0.6) is 0 Å². The summed E-state index contributed by atoms with van der Waals surface area (Å²) < 4.78 is 14.9. The van der Waals surface area contributed by atoms with E-state index in [1.54, 1.807) is 0 Å². The Bertz CT molecular complexity index is 679. The first-order chi connectivity index (χ1) is 12.1. The highest BCUT2D eigenvalue weighted by atomic mass is 35.5. The van der Waals surface area contributed by atoms with Crippen molar-refractivity contribution in [1.29, 1.82) is 0 Å². The van der Waals surface area contributed by atoms with Gasteiger partial charge in [-0.1, -0.05) is 46.4 Å². The lowest BCUT2D eigenvalue weighted by atomic mass is 10.1. The molecule has 1 rings (SSSR count). The van der Waals surface area contributed by atoms with Gasteiger partial charge in [-0.2, -0.15) is 0 Å². The van der Waals surface area contributed by atoms with E-state index in [1.165, 1.54) is 13.8 Å². The lowest BCUT2D eigenvalue weighted by Crippen LogP contribution is -2.23. The lowest BCUT2D eigenvalue weighted by Gasteiger charge is -2.18. The SMILES string of the molecule is CC(O)COC(=O)c1c(Cl)c(Cl)c(Cl)c(Cl)c1C(=O)OC(C)OCCO. The second kappa shape index (κ2) is 10.5. The molecule has 2 unspecified atom stereocenters. The number of hydrogen-bond acceptors (Lipinski definition) is 7. The van der Waals surface area contributed by atoms with Crippen molar-refractivity contribution >= 4 is 58.3 Å². The summed E-state index contributed by atoms with van der Waals surface area (Å²) in [5.41, 5.74) is -0.910. The number of aliphatic hydroxyl groups is 2. The summed E-state index contributed by atoms with van der Waals surface area (Å²) in [6.45, 7) is 2.08. The summed E-state index contributed by atoms with van der Waals surface area (Å²) in [6, 6.07) is 0. The third-order valence-electron chi connectivity index (χ3n) is 2.85. The van der Waals surface area contributed by atoms with Gasteiger partial charge < -0.3 is 24.4 Å². The molecule has 0 aromatic heterocycles. The molecule has 1 aromatic carbocycles. The van der Waals surface area contributed by atoms with Crippen LogP contribution in [0.15, 0.2) is 0 Å². The minimum Gasteiger partial charge on any atom is -0.459 e. The molecular formula is C15H16Cl4O7. The van der Waals surface area contributed by atoms with Gasteiger partial charge in [0.05, 0.1) is 50.5 Å². The molecule has 0 amide bonds. The Hall–Kier alpha value is -0.800. The molecule has 1 aromatic rings. The van der Waals surface area contributed by atoms with E-state index in [0.29, 0.717) is 0 Å². The molecule has 0 aliphatic heterocycles. The summed E-state index contributed by atoms with van der Waals surface area (Å²) in [6.07, 6.45) is -2.00. The molecule has 0 saturated carbocycles. The van der Waals surface area contributed by atoms with Gasteiger partial charge in [0.15, 0.2) is 0 Å². The molecule has 0 bridgehead atoms. The van der Waals surface area contributed by atoms with Crippen molar-refractivity contribution in [2.24, 2.45) is 0 Å². The zero-order chi connectivity index (χ0) is 20.0. The van der Waals surface area contributed by atoms with Crippen LogP contribution in [0.4, 0.5) is 0 Å². The first kappa shape index (κ1) is 23.2. The highest BCUT2D eigenvalue weighted by Crippen LogP contribution is 2.42. The highest BCUT2D eigenvalue weighted by Gasteiger charge is 2.31. The van der Waals surface area contributed by atoms with Crippen molar-refractivity contribution in [2.45, 2.75) is 26.2 Å². The Morgan fingerprint density at radius 2 is 1.46 bits per heavy atom. The van der Waals surface area contributed by atoms with Gasteiger partial charge in [-0.15, -0.1) is 0 Å². The number of carbonyl (C=O) groups excluding carboxylic acids is 2. The molecule has 7 nitrogen and oxygen atoms in total. The van der Waals surface area contributed by atoms with Gasteiger partial charge in [-0.05, 0) is 13.8 Å². The van der Waals surface area contributed by atoms with E-state index in [1.807, 2.05) is 0 Å². The molecule has 0 fully saturated rings. The zero-order valence-electron chi connectivity index (χ0n) is 13.7. The second-order valence-corrected chi connectivity index (χ2v) is 6.53. The van der Waals surface area contributed by atoms with Crippen molar-refractivity contribution in [3.05, 3.63) is 31.2 Å². The highest BCUT2D eigenvalue weighted by molar-refractivity contribution is 6.54. The van der Waals surface area contributed by atoms with Crippen LogP contribution in [-0.2, 0) is 14.2 Å². The van der Waals surface area contributed by atoms with Gasteiger partial charge in [-0.3, -0.25) is 0 Å². The van der Waals surface area contributed by atoms with Crippen molar-refractivity contribution in [1.82, 2.24) is 0 Å². The molecule has 0 spiro atoms. The van der Waals surface area contributed by atoms with E-state index < -0.39 is 35.5 Å². The van der Waals surface area contributed by atoms with Gasteiger partial charge in [0.25, 0.3) is 0 Å². The average Bonchev–Trinajstić information content (AvgIpc) is 2.58. The Morgan fingerprint density at radius 3 is 1.92 bits per heavy atom. The zero-order valence-corrected chi connectivity index (χ0v) is 16.7. The monoisotopic (exact) mass is 448 g/mol. The van der Waals surface area contributed by atoms with Crippen LogP contribution in [0.25, 0.3) is 0 Å². The number of hydrogen-bond donors (Lipinski definition) is 2. The fourth-order valence-electron chi connectivity index (χ4n) is 1.75. The van der Waals surface area contributed by atoms with Crippen molar-refractivity contribution in [3.63, 3.8) is 0 Å². The lowest BCUT2D eigenvalue weighted by molar-refractivity contribution is -0.105. The van der Waals surface area contributed by atoms with E-state index in [0.717, 1.165) is 0 Å². The van der Waals surface area contributed by atoms with Crippen LogP contribution in [0.2, 0.25) is 20.1 Å². The molecule has 0 aliphatic rings. The van der Waals surface area contributed by atoms with Crippen LogP contribution in [0, 0.1) is 0 Å². The molecular weight excluding hydrogens is 434 g/mol. The van der Waals surface area contributed by atoms with E-state index in [-0.39, 0.29) is 39.9 Å². The summed E-state index contributed by atoms with van der Waals surface area (Å²) in [5, 5.41) is 16.7. The van der Waals surface area contributed by atoms with Crippen LogP contribution < -0.4 is 0 Å². The Balaban J connectivity index is 3.31. The molecule has 0 radical (unpaired) electrons. The number of halogens is 4. The van der Waals surface area contributed by atoms with Crippen molar-refractivity contribution in [3.8, 4) is 0 Å². The largest absolute Gasteiger partial charge is 0.459 e. The maximum Gasteiger partial charge on any atom is 0.342 e. The van der Waals surface area contributed by atoms with E-state index >= 15 is 0 Å². The fraction of sp³-hybridized carbons (Fsp3) is 0.467. The summed E-state index contributed by atoms with van der Waals surface area (Å²) in [4.78, 5) is 24.8. The first-order valence-electron chi connectivity index (χ1n) is 7.26. The van der Waals surface area contributed by atoms with Crippen molar-refractivity contribution < 1.29 is 34.0 Å². The fourth-order valence-corrected chi connectivity index (χ4v) is 2.75. The average molecular weight is 450 g/mol. The normalized spacial score (nSPS) is 13.2. The maximum atomic E-state index is 12.5. The predicted octanol–water partition coefficient (Wildman–Crippen LogP) is 3.35. The molecule has 0 heterocycles. The van der Waals surface area contributed by atoms with Crippen LogP contribution in [0.3, 0.4) is 0 Å². The van der Waals surface area contributed by atoms with Gasteiger partial charge in [-0.25, -0.2) is 9.59 Å². The number of esters is 2. The number of carbonyl (C=O) groups is 2. The Kier molecular flexibility index (Phi) is 9.40. The van der Waals surface area contributed by atoms with Gasteiger partial charge >= 0.3 is 11.9 Å². The Morgan fingerprint density at radius 1 is 0.962 bits per heavy atom. The molecule has 0 saturated heterocycles.